The van der Waals surface area contributed by atoms with Crippen molar-refractivity contribution in [1.29, 1.82) is 0 Å². The number of hydrogen-bond donors (Lipinski definition) is 1. The highest BCUT2D eigenvalue weighted by Crippen LogP contribution is 2.29. The summed E-state index contributed by atoms with van der Waals surface area (Å²) in [6, 6.07) is 13.4. The molecule has 0 bridgehead atoms. The average molecular weight is 437 g/mol. The maximum atomic E-state index is 13.1. The van der Waals surface area contributed by atoms with Crippen molar-refractivity contribution in [2.75, 3.05) is 18.2 Å². The van der Waals surface area contributed by atoms with E-state index < -0.39 is 0 Å². The van der Waals surface area contributed by atoms with Crippen molar-refractivity contribution in [3.63, 3.8) is 0 Å². The SMILES string of the molecule is CCc1ccccc1NC(=O)CSc1nc2c3cc(OC)ccc3n(C)c2c(=O)n1C. The first kappa shape index (κ1) is 21.0. The summed E-state index contributed by atoms with van der Waals surface area (Å²) < 4.78 is 8.69. The summed E-state index contributed by atoms with van der Waals surface area (Å²) in [7, 11) is 5.14. The predicted octanol–water partition coefficient (Wildman–Crippen LogP) is 3.73. The number of carbonyl (C=O) groups excluding carboxylic acids is 1. The number of ether oxygens (including phenoxy) is 1. The van der Waals surface area contributed by atoms with E-state index in [1.54, 1.807) is 14.2 Å². The number of nitrogens with one attached hydrogen (secondary N) is 1. The van der Waals surface area contributed by atoms with Crippen molar-refractivity contribution < 1.29 is 9.53 Å². The molecule has 7 nitrogen and oxygen atoms in total. The van der Waals surface area contributed by atoms with Crippen LogP contribution in [0, 0.1) is 0 Å². The molecular weight excluding hydrogens is 412 g/mol. The molecule has 0 unspecified atom stereocenters. The van der Waals surface area contributed by atoms with Gasteiger partial charge in [0.15, 0.2) is 5.16 Å². The lowest BCUT2D eigenvalue weighted by molar-refractivity contribution is -0.113. The standard InChI is InChI=1S/C23H24N4O3S/c1-5-14-8-6-7-9-17(14)24-19(28)13-31-23-25-20-16-12-15(30-4)10-11-18(16)26(2)21(20)22(29)27(23)3/h6-12H,5,13H2,1-4H3,(H,24,28). The maximum Gasteiger partial charge on any atom is 0.278 e. The van der Waals surface area contributed by atoms with Crippen LogP contribution in [0.3, 0.4) is 0 Å². The fraction of sp³-hybridized carbons (Fsp3) is 0.261. The van der Waals surface area contributed by atoms with Crippen molar-refractivity contribution in [1.82, 2.24) is 14.1 Å². The number of para-hydroxylation sites is 1. The fourth-order valence-corrected chi connectivity index (χ4v) is 4.47. The Labute approximate surface area is 184 Å². The van der Waals surface area contributed by atoms with Gasteiger partial charge in [-0.05, 0) is 36.2 Å². The summed E-state index contributed by atoms with van der Waals surface area (Å²) in [4.78, 5) is 30.4. The Morgan fingerprint density at radius 2 is 1.94 bits per heavy atom. The molecule has 1 N–H and O–H groups in total. The first-order chi connectivity index (χ1) is 14.9. The van der Waals surface area contributed by atoms with Gasteiger partial charge in [0.2, 0.25) is 5.91 Å². The van der Waals surface area contributed by atoms with Crippen LogP contribution in [0.15, 0.2) is 52.4 Å². The van der Waals surface area contributed by atoms with E-state index in [9.17, 15) is 9.59 Å². The van der Waals surface area contributed by atoms with Gasteiger partial charge in [-0.15, -0.1) is 0 Å². The number of fused-ring (bicyclic) bond motifs is 3. The molecule has 1 amide bonds. The number of rotatable bonds is 6. The molecule has 0 spiro atoms. The number of nitrogens with zero attached hydrogens (tertiary/aromatic N) is 3. The van der Waals surface area contributed by atoms with Crippen LogP contribution in [0.5, 0.6) is 5.75 Å². The Morgan fingerprint density at radius 1 is 1.16 bits per heavy atom. The molecule has 0 saturated heterocycles. The van der Waals surface area contributed by atoms with E-state index in [1.807, 2.05) is 61.0 Å². The molecule has 0 fully saturated rings. The topological polar surface area (TPSA) is 78.2 Å². The molecule has 0 radical (unpaired) electrons. The second-order valence-electron chi connectivity index (χ2n) is 7.25. The number of thioether (sulfide) groups is 1. The van der Waals surface area contributed by atoms with Crippen molar-refractivity contribution in [3.8, 4) is 5.75 Å². The third kappa shape index (κ3) is 3.79. The van der Waals surface area contributed by atoms with Crippen LogP contribution in [0.2, 0.25) is 0 Å². The molecule has 0 aliphatic heterocycles. The third-order valence-corrected chi connectivity index (χ3v) is 6.42. The van der Waals surface area contributed by atoms with Crippen molar-refractivity contribution in [2.45, 2.75) is 18.5 Å². The minimum atomic E-state index is -0.151. The van der Waals surface area contributed by atoms with Gasteiger partial charge in [-0.1, -0.05) is 36.9 Å². The highest BCUT2D eigenvalue weighted by molar-refractivity contribution is 7.99. The third-order valence-electron chi connectivity index (χ3n) is 5.39. The minimum Gasteiger partial charge on any atom is -0.497 e. The van der Waals surface area contributed by atoms with Crippen LogP contribution in [0.1, 0.15) is 12.5 Å². The molecule has 2 heterocycles. The summed E-state index contributed by atoms with van der Waals surface area (Å²) in [5.74, 6) is 0.711. The zero-order chi connectivity index (χ0) is 22.1. The minimum absolute atomic E-state index is 0.139. The van der Waals surface area contributed by atoms with Crippen LogP contribution in [-0.4, -0.2) is 32.9 Å². The Hall–Kier alpha value is -3.26. The lowest BCUT2D eigenvalue weighted by Crippen LogP contribution is -2.22. The van der Waals surface area contributed by atoms with E-state index in [0.29, 0.717) is 21.9 Å². The molecule has 4 rings (SSSR count). The van der Waals surface area contributed by atoms with E-state index in [4.69, 9.17) is 9.72 Å². The summed E-state index contributed by atoms with van der Waals surface area (Å²) >= 11 is 1.24. The summed E-state index contributed by atoms with van der Waals surface area (Å²) in [6.07, 6.45) is 0.834. The molecule has 0 atom stereocenters. The van der Waals surface area contributed by atoms with Gasteiger partial charge in [0.25, 0.3) is 5.56 Å². The molecule has 160 valence electrons. The summed E-state index contributed by atoms with van der Waals surface area (Å²) in [5, 5.41) is 4.29. The Morgan fingerprint density at radius 3 is 2.68 bits per heavy atom. The lowest BCUT2D eigenvalue weighted by Gasteiger charge is -2.10. The van der Waals surface area contributed by atoms with Gasteiger partial charge in [0.1, 0.15) is 16.8 Å². The van der Waals surface area contributed by atoms with Crippen LogP contribution < -0.4 is 15.6 Å². The zero-order valence-corrected chi connectivity index (χ0v) is 18.7. The fourth-order valence-electron chi connectivity index (χ4n) is 3.70. The molecule has 2 aromatic heterocycles. The highest BCUT2D eigenvalue weighted by Gasteiger charge is 2.18. The first-order valence-corrected chi connectivity index (χ1v) is 11.0. The van der Waals surface area contributed by atoms with Gasteiger partial charge in [-0.3, -0.25) is 14.2 Å². The van der Waals surface area contributed by atoms with Crippen LogP contribution in [0.25, 0.3) is 21.9 Å². The smallest absolute Gasteiger partial charge is 0.278 e. The van der Waals surface area contributed by atoms with Crippen LogP contribution in [-0.2, 0) is 25.3 Å². The molecule has 2 aromatic carbocycles. The van der Waals surface area contributed by atoms with E-state index in [-0.39, 0.29) is 17.2 Å². The second-order valence-corrected chi connectivity index (χ2v) is 8.19. The number of hydrogen-bond acceptors (Lipinski definition) is 5. The number of amides is 1. The number of aromatic nitrogens is 3. The van der Waals surface area contributed by atoms with Gasteiger partial charge in [-0.2, -0.15) is 0 Å². The Kier molecular flexibility index (Phi) is 5.73. The average Bonchev–Trinajstić information content (AvgIpc) is 3.06. The van der Waals surface area contributed by atoms with Crippen molar-refractivity contribution in [2.24, 2.45) is 14.1 Å². The lowest BCUT2D eigenvalue weighted by atomic mass is 10.1. The number of carbonyl (C=O) groups is 1. The highest BCUT2D eigenvalue weighted by atomic mass is 32.2. The molecule has 0 aliphatic rings. The summed E-state index contributed by atoms with van der Waals surface area (Å²) in [5.41, 5.74) is 3.78. The Bertz CT molecular complexity index is 1360. The van der Waals surface area contributed by atoms with E-state index in [2.05, 4.69) is 5.32 Å². The van der Waals surface area contributed by atoms with Gasteiger partial charge in [0, 0.05) is 25.2 Å². The zero-order valence-electron chi connectivity index (χ0n) is 17.9. The van der Waals surface area contributed by atoms with Gasteiger partial charge < -0.3 is 14.6 Å². The number of anilines is 1. The monoisotopic (exact) mass is 436 g/mol. The predicted molar refractivity (Wildman–Crippen MR) is 125 cm³/mol. The van der Waals surface area contributed by atoms with Gasteiger partial charge in [0.05, 0.1) is 18.4 Å². The van der Waals surface area contributed by atoms with Crippen molar-refractivity contribution in [3.05, 3.63) is 58.4 Å². The summed E-state index contributed by atoms with van der Waals surface area (Å²) in [6.45, 7) is 2.05. The van der Waals surface area contributed by atoms with E-state index in [1.165, 1.54) is 16.3 Å². The first-order valence-electron chi connectivity index (χ1n) is 9.98. The maximum absolute atomic E-state index is 13.1. The van der Waals surface area contributed by atoms with Crippen LogP contribution >= 0.6 is 11.8 Å². The normalized spacial score (nSPS) is 11.2. The van der Waals surface area contributed by atoms with Crippen molar-refractivity contribution >= 4 is 45.3 Å². The molecule has 8 heteroatoms. The number of aryl methyl sites for hydroxylation is 2. The molecular formula is C23H24N4O3S. The van der Waals surface area contributed by atoms with Gasteiger partial charge >= 0.3 is 0 Å². The van der Waals surface area contributed by atoms with E-state index >= 15 is 0 Å². The largest absolute Gasteiger partial charge is 0.497 e. The van der Waals surface area contributed by atoms with Crippen LogP contribution in [0.4, 0.5) is 5.69 Å². The Balaban J connectivity index is 1.66. The quantitative estimate of drug-likeness (QED) is 0.368. The molecule has 31 heavy (non-hydrogen) atoms. The number of methoxy groups -OCH3 is 1. The number of benzene rings is 2. The van der Waals surface area contributed by atoms with E-state index in [0.717, 1.165) is 28.6 Å². The molecule has 0 saturated carbocycles. The molecule has 4 aromatic rings. The van der Waals surface area contributed by atoms with Gasteiger partial charge in [-0.25, -0.2) is 4.98 Å². The second kappa shape index (κ2) is 8.47. The molecule has 0 aliphatic carbocycles.